The number of benzene rings is 2. The molecule has 0 aliphatic carbocycles. The number of carbonyl (C=O) groups is 1. The second-order valence-electron chi connectivity index (χ2n) is 7.60. The summed E-state index contributed by atoms with van der Waals surface area (Å²) in [5, 5.41) is 2.93. The molecule has 3 rings (SSSR count). The highest BCUT2D eigenvalue weighted by Crippen LogP contribution is 2.24. The van der Waals surface area contributed by atoms with E-state index >= 15 is 0 Å². The average Bonchev–Trinajstić information content (AvgIpc) is 3.18. The zero-order valence-electron chi connectivity index (χ0n) is 19.7. The average molecular weight is 473 g/mol. The highest BCUT2D eigenvalue weighted by atomic mass is 32.2. The van der Waals surface area contributed by atoms with Crippen LogP contribution in [-0.2, 0) is 34.3 Å². The van der Waals surface area contributed by atoms with Crippen LogP contribution in [-0.4, -0.2) is 48.4 Å². The number of amides is 1. The lowest BCUT2D eigenvalue weighted by Crippen LogP contribution is -2.30. The second-order valence-corrected chi connectivity index (χ2v) is 9.54. The van der Waals surface area contributed by atoms with Crippen LogP contribution in [0.2, 0.25) is 0 Å². The first kappa shape index (κ1) is 24.7. The van der Waals surface area contributed by atoms with Gasteiger partial charge in [0.2, 0.25) is 15.9 Å². The third kappa shape index (κ3) is 5.36. The summed E-state index contributed by atoms with van der Waals surface area (Å²) in [6, 6.07) is 12.6. The van der Waals surface area contributed by atoms with Crippen molar-refractivity contribution in [2.45, 2.75) is 51.6 Å². The number of carbonyl (C=O) groups excluding carboxylic acids is 1. The number of imidazole rings is 1. The summed E-state index contributed by atoms with van der Waals surface area (Å²) in [5.74, 6) is 1.42. The number of nitrogens with one attached hydrogen (secondary N) is 1. The zero-order chi connectivity index (χ0) is 24.0. The minimum absolute atomic E-state index is 0.0829. The molecule has 8 nitrogen and oxygen atoms in total. The van der Waals surface area contributed by atoms with Crippen molar-refractivity contribution in [3.05, 3.63) is 53.9 Å². The van der Waals surface area contributed by atoms with Crippen LogP contribution in [0.5, 0.6) is 5.75 Å². The number of sulfonamides is 1. The Balaban J connectivity index is 1.74. The molecule has 0 unspecified atom stereocenters. The molecule has 1 N–H and O–H groups in total. The Labute approximate surface area is 195 Å². The Bertz CT molecular complexity index is 1220. The van der Waals surface area contributed by atoms with Gasteiger partial charge >= 0.3 is 0 Å². The fourth-order valence-electron chi connectivity index (χ4n) is 3.93. The Hall–Kier alpha value is -2.91. The maximum Gasteiger partial charge on any atom is 0.243 e. The number of hydrogen-bond acceptors (Lipinski definition) is 5. The van der Waals surface area contributed by atoms with E-state index in [0.29, 0.717) is 38.1 Å². The van der Waals surface area contributed by atoms with Gasteiger partial charge in [0.1, 0.15) is 11.6 Å². The molecule has 0 radical (unpaired) electrons. The molecular formula is C24H32N4O4S. The Kier molecular flexibility index (Phi) is 8.10. The zero-order valence-corrected chi connectivity index (χ0v) is 20.5. The summed E-state index contributed by atoms with van der Waals surface area (Å²) in [4.78, 5) is 17.4. The van der Waals surface area contributed by atoms with E-state index < -0.39 is 10.0 Å². The van der Waals surface area contributed by atoms with E-state index in [2.05, 4.69) is 10.3 Å². The maximum atomic E-state index is 12.9. The Morgan fingerprint density at radius 3 is 2.52 bits per heavy atom. The van der Waals surface area contributed by atoms with Crippen molar-refractivity contribution in [2.24, 2.45) is 0 Å². The smallest absolute Gasteiger partial charge is 0.243 e. The molecule has 0 spiro atoms. The fourth-order valence-corrected chi connectivity index (χ4v) is 5.41. The minimum atomic E-state index is -3.56. The van der Waals surface area contributed by atoms with Crippen molar-refractivity contribution in [2.75, 3.05) is 20.2 Å². The number of aromatic nitrogens is 2. The van der Waals surface area contributed by atoms with Gasteiger partial charge < -0.3 is 14.6 Å². The van der Waals surface area contributed by atoms with Crippen molar-refractivity contribution in [3.63, 3.8) is 0 Å². The van der Waals surface area contributed by atoms with Gasteiger partial charge in [-0.15, -0.1) is 0 Å². The van der Waals surface area contributed by atoms with Gasteiger partial charge in [-0.1, -0.05) is 32.0 Å². The summed E-state index contributed by atoms with van der Waals surface area (Å²) < 4.78 is 34.5. The largest absolute Gasteiger partial charge is 0.496 e. The summed E-state index contributed by atoms with van der Waals surface area (Å²) in [6.45, 7) is 7.54. The molecule has 1 amide bonds. The van der Waals surface area contributed by atoms with Crippen molar-refractivity contribution in [3.8, 4) is 5.75 Å². The van der Waals surface area contributed by atoms with Gasteiger partial charge in [0, 0.05) is 44.6 Å². The quantitative estimate of drug-likeness (QED) is 0.462. The first-order valence-electron chi connectivity index (χ1n) is 11.2. The van der Waals surface area contributed by atoms with Gasteiger partial charge in [0.05, 0.1) is 23.0 Å². The molecule has 0 atom stereocenters. The minimum Gasteiger partial charge on any atom is -0.496 e. The molecule has 9 heteroatoms. The molecule has 0 aliphatic heterocycles. The van der Waals surface area contributed by atoms with Crippen molar-refractivity contribution >= 4 is 27.0 Å². The van der Waals surface area contributed by atoms with Crippen molar-refractivity contribution in [1.29, 1.82) is 0 Å². The molecule has 0 saturated heterocycles. The SMILES string of the molecule is CCN(CC)S(=O)(=O)c1ccc2c(c1)nc(CCC(=O)NCc1ccccc1OC)n2CC. The number of fused-ring (bicyclic) bond motifs is 1. The number of ether oxygens (including phenoxy) is 1. The first-order valence-corrected chi connectivity index (χ1v) is 12.7. The normalized spacial score (nSPS) is 11.8. The fraction of sp³-hybridized carbons (Fsp3) is 0.417. The predicted octanol–water partition coefficient (Wildman–Crippen LogP) is 3.34. The third-order valence-electron chi connectivity index (χ3n) is 5.70. The highest BCUT2D eigenvalue weighted by Gasteiger charge is 2.23. The van der Waals surface area contributed by atoms with Gasteiger partial charge in [0.25, 0.3) is 0 Å². The highest BCUT2D eigenvalue weighted by molar-refractivity contribution is 7.89. The van der Waals surface area contributed by atoms with Crippen LogP contribution >= 0.6 is 0 Å². The maximum absolute atomic E-state index is 12.9. The lowest BCUT2D eigenvalue weighted by molar-refractivity contribution is -0.121. The lowest BCUT2D eigenvalue weighted by atomic mass is 10.2. The number of para-hydroxylation sites is 1. The van der Waals surface area contributed by atoms with Crippen LogP contribution in [0.3, 0.4) is 0 Å². The monoisotopic (exact) mass is 472 g/mol. The Morgan fingerprint density at radius 2 is 1.85 bits per heavy atom. The predicted molar refractivity (Wildman–Crippen MR) is 129 cm³/mol. The van der Waals surface area contributed by atoms with Crippen molar-refractivity contribution < 1.29 is 17.9 Å². The van der Waals surface area contributed by atoms with Gasteiger partial charge in [-0.25, -0.2) is 13.4 Å². The lowest BCUT2D eigenvalue weighted by Gasteiger charge is -2.18. The summed E-state index contributed by atoms with van der Waals surface area (Å²) in [6.07, 6.45) is 0.738. The van der Waals surface area contributed by atoms with E-state index in [1.54, 1.807) is 25.3 Å². The molecule has 178 valence electrons. The van der Waals surface area contributed by atoms with E-state index in [9.17, 15) is 13.2 Å². The molecule has 0 aliphatic rings. The second kappa shape index (κ2) is 10.8. The van der Waals surface area contributed by atoms with Crippen LogP contribution in [0.4, 0.5) is 0 Å². The van der Waals surface area contributed by atoms with Crippen LogP contribution in [0.25, 0.3) is 11.0 Å². The van der Waals surface area contributed by atoms with Gasteiger partial charge in [0.15, 0.2) is 0 Å². The van der Waals surface area contributed by atoms with E-state index in [-0.39, 0.29) is 17.2 Å². The van der Waals surface area contributed by atoms with E-state index in [1.807, 2.05) is 49.6 Å². The first-order chi connectivity index (χ1) is 15.8. The number of hydrogen-bond donors (Lipinski definition) is 1. The molecule has 2 aromatic carbocycles. The molecule has 0 bridgehead atoms. The summed E-state index contributed by atoms with van der Waals surface area (Å²) in [7, 11) is -1.95. The van der Waals surface area contributed by atoms with E-state index in [4.69, 9.17) is 4.74 Å². The van der Waals surface area contributed by atoms with Gasteiger partial charge in [-0.3, -0.25) is 4.79 Å². The van der Waals surface area contributed by atoms with Crippen molar-refractivity contribution in [1.82, 2.24) is 19.2 Å². The van der Waals surface area contributed by atoms with E-state index in [0.717, 1.165) is 22.7 Å². The standard InChI is InChI=1S/C24H32N4O4S/c1-5-27(6-2)33(30,31)19-12-13-21-20(16-19)26-23(28(21)7-3)14-15-24(29)25-17-18-10-8-9-11-22(18)32-4/h8-13,16H,5-7,14-15,17H2,1-4H3,(H,25,29). The molecule has 3 aromatic rings. The molecule has 0 saturated carbocycles. The molecule has 1 heterocycles. The van der Waals surface area contributed by atoms with Gasteiger partial charge in [-0.2, -0.15) is 4.31 Å². The molecule has 0 fully saturated rings. The molecular weight excluding hydrogens is 440 g/mol. The van der Waals surface area contributed by atoms with Crippen LogP contribution in [0.15, 0.2) is 47.4 Å². The Morgan fingerprint density at radius 1 is 1.12 bits per heavy atom. The number of methoxy groups -OCH3 is 1. The molecule has 1 aromatic heterocycles. The summed E-state index contributed by atoms with van der Waals surface area (Å²) >= 11 is 0. The topological polar surface area (TPSA) is 93.5 Å². The molecule has 33 heavy (non-hydrogen) atoms. The number of nitrogens with zero attached hydrogens (tertiary/aromatic N) is 3. The van der Waals surface area contributed by atoms with Crippen LogP contribution in [0.1, 0.15) is 38.6 Å². The number of rotatable bonds is 11. The summed E-state index contributed by atoms with van der Waals surface area (Å²) in [5.41, 5.74) is 2.39. The van der Waals surface area contributed by atoms with Gasteiger partial charge in [-0.05, 0) is 31.2 Å². The number of aryl methyl sites for hydroxylation is 2. The van der Waals surface area contributed by atoms with E-state index in [1.165, 1.54) is 4.31 Å². The third-order valence-corrected chi connectivity index (χ3v) is 7.75. The van der Waals surface area contributed by atoms with Crippen LogP contribution in [0, 0.1) is 0 Å². The van der Waals surface area contributed by atoms with Crippen LogP contribution < -0.4 is 10.1 Å².